The average molecular weight is 1130 g/mol. The number of hydrogen-bond donors (Lipinski definition) is 0. The van der Waals surface area contributed by atoms with E-state index in [9.17, 15) is 14.4 Å². The smallest absolute Gasteiger partial charge is 0.306 e. The second kappa shape index (κ2) is 69.3. The number of carbonyl (C=O) groups excluding carboxylic acids is 3. The normalized spacial score (nSPS) is 12.5. The van der Waals surface area contributed by atoms with E-state index in [0.717, 1.165) is 89.9 Å². The summed E-state index contributed by atoms with van der Waals surface area (Å²) in [7, 11) is 0. The second-order valence-electron chi connectivity index (χ2n) is 23.8. The zero-order valence-electron chi connectivity index (χ0n) is 54.1. The third-order valence-corrected chi connectivity index (χ3v) is 15.7. The highest BCUT2D eigenvalue weighted by atomic mass is 16.6. The van der Waals surface area contributed by atoms with E-state index in [2.05, 4.69) is 93.7 Å². The van der Waals surface area contributed by atoms with E-state index in [1.54, 1.807) is 0 Å². The van der Waals surface area contributed by atoms with Gasteiger partial charge in [0, 0.05) is 19.3 Å². The molecule has 1 atom stereocenters. The first-order valence-corrected chi connectivity index (χ1v) is 35.4. The minimum atomic E-state index is -0.786. The van der Waals surface area contributed by atoms with Crippen molar-refractivity contribution >= 4 is 17.9 Å². The second-order valence-corrected chi connectivity index (χ2v) is 23.8. The Hall–Kier alpha value is -3.15. The van der Waals surface area contributed by atoms with Gasteiger partial charge in [-0.25, -0.2) is 0 Å². The van der Waals surface area contributed by atoms with Crippen LogP contribution in [0.4, 0.5) is 0 Å². The molecule has 0 aromatic carbocycles. The number of carbonyl (C=O) groups is 3. The quantitative estimate of drug-likeness (QED) is 0.0261. The summed E-state index contributed by atoms with van der Waals surface area (Å²) in [5, 5.41) is 0. The van der Waals surface area contributed by atoms with Gasteiger partial charge in [0.05, 0.1) is 0 Å². The molecule has 6 nitrogen and oxygen atoms in total. The zero-order valence-corrected chi connectivity index (χ0v) is 54.1. The largest absolute Gasteiger partial charge is 0.462 e. The Balaban J connectivity index is 4.38. The molecule has 0 N–H and O–H groups in total. The molecule has 1 unspecified atom stereocenters. The molecule has 0 aliphatic heterocycles. The van der Waals surface area contributed by atoms with Crippen molar-refractivity contribution in [2.75, 3.05) is 13.2 Å². The zero-order chi connectivity index (χ0) is 58.5. The van der Waals surface area contributed by atoms with Crippen molar-refractivity contribution in [1.82, 2.24) is 0 Å². The van der Waals surface area contributed by atoms with Crippen LogP contribution in [0.25, 0.3) is 0 Å². The SMILES string of the molecule is CCCCCCC/C=C\C/C=C\C/C=C\CCCCCCCCC(=O)OC(COC(=O)CCCCCCCCCCC/C=C\CCCCCCCC)COC(=O)CCCCCCCCCCCCC/C=C\C/C=C\CCCCCCC. The molecule has 0 heterocycles. The molecular formula is C75H134O6. The summed E-state index contributed by atoms with van der Waals surface area (Å²) in [6, 6.07) is 0. The van der Waals surface area contributed by atoms with Gasteiger partial charge in [-0.2, -0.15) is 0 Å². The number of unbranched alkanes of at least 4 members (excludes halogenated alkanes) is 42. The van der Waals surface area contributed by atoms with E-state index in [-0.39, 0.29) is 31.1 Å². The molecule has 0 aliphatic carbocycles. The summed E-state index contributed by atoms with van der Waals surface area (Å²) in [4.78, 5) is 38.5. The Morgan fingerprint density at radius 1 is 0.247 bits per heavy atom. The molecule has 470 valence electrons. The molecular weight excluding hydrogens is 997 g/mol. The lowest BCUT2D eigenvalue weighted by atomic mass is 10.0. The fourth-order valence-electron chi connectivity index (χ4n) is 10.3. The fraction of sp³-hybridized carbons (Fsp3) is 0.800. The number of allylic oxidation sites excluding steroid dienone is 12. The van der Waals surface area contributed by atoms with Crippen LogP contribution in [0.2, 0.25) is 0 Å². The van der Waals surface area contributed by atoms with Crippen molar-refractivity contribution in [1.29, 1.82) is 0 Å². The maximum absolute atomic E-state index is 13.0. The van der Waals surface area contributed by atoms with E-state index in [1.165, 1.54) is 238 Å². The van der Waals surface area contributed by atoms with E-state index in [4.69, 9.17) is 14.2 Å². The van der Waals surface area contributed by atoms with Crippen LogP contribution < -0.4 is 0 Å². The van der Waals surface area contributed by atoms with Gasteiger partial charge in [0.1, 0.15) is 13.2 Å². The molecule has 0 saturated heterocycles. The molecule has 0 rings (SSSR count). The van der Waals surface area contributed by atoms with Gasteiger partial charge in [-0.05, 0) is 116 Å². The van der Waals surface area contributed by atoms with Crippen molar-refractivity contribution in [3.05, 3.63) is 72.9 Å². The number of hydrogen-bond acceptors (Lipinski definition) is 6. The van der Waals surface area contributed by atoms with Crippen LogP contribution in [-0.4, -0.2) is 37.2 Å². The van der Waals surface area contributed by atoms with Crippen molar-refractivity contribution in [2.24, 2.45) is 0 Å². The van der Waals surface area contributed by atoms with Gasteiger partial charge in [0.2, 0.25) is 0 Å². The van der Waals surface area contributed by atoms with Gasteiger partial charge in [0.15, 0.2) is 6.10 Å². The first-order chi connectivity index (χ1) is 40.0. The fourth-order valence-corrected chi connectivity index (χ4v) is 10.3. The molecule has 0 aromatic rings. The Morgan fingerprint density at radius 2 is 0.444 bits per heavy atom. The van der Waals surface area contributed by atoms with Gasteiger partial charge in [-0.15, -0.1) is 0 Å². The predicted molar refractivity (Wildman–Crippen MR) is 353 cm³/mol. The van der Waals surface area contributed by atoms with Gasteiger partial charge in [0.25, 0.3) is 0 Å². The topological polar surface area (TPSA) is 78.9 Å². The minimum absolute atomic E-state index is 0.0804. The van der Waals surface area contributed by atoms with Crippen molar-refractivity contribution in [2.45, 2.75) is 374 Å². The Kier molecular flexibility index (Phi) is 66.6. The molecule has 6 heteroatoms. The molecule has 0 aliphatic rings. The average Bonchev–Trinajstić information content (AvgIpc) is 3.47. The Bertz CT molecular complexity index is 1490. The first kappa shape index (κ1) is 77.9. The molecule has 0 saturated carbocycles. The Morgan fingerprint density at radius 3 is 0.704 bits per heavy atom. The van der Waals surface area contributed by atoms with Gasteiger partial charge < -0.3 is 14.2 Å². The van der Waals surface area contributed by atoms with Crippen LogP contribution in [0.15, 0.2) is 72.9 Å². The maximum atomic E-state index is 13.0. The monoisotopic (exact) mass is 1130 g/mol. The molecule has 0 amide bonds. The number of ether oxygens (including phenoxy) is 3. The van der Waals surface area contributed by atoms with Crippen LogP contribution in [0, 0.1) is 0 Å². The molecule has 0 radical (unpaired) electrons. The number of rotatable bonds is 65. The predicted octanol–water partition coefficient (Wildman–Crippen LogP) is 24.4. The van der Waals surface area contributed by atoms with Gasteiger partial charge in [-0.3, -0.25) is 14.4 Å². The highest BCUT2D eigenvalue weighted by Gasteiger charge is 2.19. The lowest BCUT2D eigenvalue weighted by Crippen LogP contribution is -2.30. The summed E-state index contributed by atoms with van der Waals surface area (Å²) in [6.45, 7) is 6.65. The summed E-state index contributed by atoms with van der Waals surface area (Å²) in [5.41, 5.74) is 0. The highest BCUT2D eigenvalue weighted by molar-refractivity contribution is 5.71. The van der Waals surface area contributed by atoms with Crippen LogP contribution in [0.3, 0.4) is 0 Å². The van der Waals surface area contributed by atoms with E-state index < -0.39 is 6.10 Å². The molecule has 0 aromatic heterocycles. The van der Waals surface area contributed by atoms with E-state index >= 15 is 0 Å². The van der Waals surface area contributed by atoms with Crippen LogP contribution >= 0.6 is 0 Å². The van der Waals surface area contributed by atoms with E-state index in [0.29, 0.717) is 19.3 Å². The van der Waals surface area contributed by atoms with Crippen molar-refractivity contribution in [3.8, 4) is 0 Å². The Labute approximate surface area is 503 Å². The van der Waals surface area contributed by atoms with Crippen molar-refractivity contribution in [3.63, 3.8) is 0 Å². The molecule has 0 spiro atoms. The summed E-state index contributed by atoms with van der Waals surface area (Å²) >= 11 is 0. The lowest BCUT2D eigenvalue weighted by Gasteiger charge is -2.18. The lowest BCUT2D eigenvalue weighted by molar-refractivity contribution is -0.167. The maximum Gasteiger partial charge on any atom is 0.306 e. The third kappa shape index (κ3) is 67.5. The van der Waals surface area contributed by atoms with E-state index in [1.807, 2.05) is 0 Å². The van der Waals surface area contributed by atoms with Crippen LogP contribution in [0.1, 0.15) is 367 Å². The van der Waals surface area contributed by atoms with Crippen LogP contribution in [0.5, 0.6) is 0 Å². The standard InChI is InChI=1S/C75H134O6/c1-4-7-10-13-16-19-22-25-28-31-34-36-37-39-41-44-47-50-53-56-59-62-65-68-74(77)80-71-72(70-79-73(76)67-64-61-58-55-52-49-46-43-40-33-30-27-24-21-18-15-12-9-6-3)81-75(78)69-66-63-60-57-54-51-48-45-42-38-35-32-29-26-23-20-17-14-11-8-5-2/h22-23,25-27,30-32,34-35,42,45,72H,4-21,24,28-29,33,36-41,43-44,46-71H2,1-3H3/b25-22-,26-23-,30-27-,34-31-,35-32-,45-42-. The molecule has 0 bridgehead atoms. The van der Waals surface area contributed by atoms with Gasteiger partial charge in [-0.1, -0.05) is 306 Å². The summed E-state index contributed by atoms with van der Waals surface area (Å²) in [6.07, 6.45) is 90.6. The van der Waals surface area contributed by atoms with Gasteiger partial charge >= 0.3 is 17.9 Å². The first-order valence-electron chi connectivity index (χ1n) is 35.4. The third-order valence-electron chi connectivity index (χ3n) is 15.7. The minimum Gasteiger partial charge on any atom is -0.462 e. The van der Waals surface area contributed by atoms with Crippen molar-refractivity contribution < 1.29 is 28.6 Å². The molecule has 81 heavy (non-hydrogen) atoms. The highest BCUT2D eigenvalue weighted by Crippen LogP contribution is 2.17. The molecule has 0 fully saturated rings. The van der Waals surface area contributed by atoms with Crippen LogP contribution in [-0.2, 0) is 28.6 Å². The summed E-state index contributed by atoms with van der Waals surface area (Å²) in [5.74, 6) is -0.876. The summed E-state index contributed by atoms with van der Waals surface area (Å²) < 4.78 is 17.0. The number of esters is 3.